The summed E-state index contributed by atoms with van der Waals surface area (Å²) in [4.78, 5) is 13.4. The Hall–Kier alpha value is -1.83. The van der Waals surface area contributed by atoms with Gasteiger partial charge in [0.05, 0.1) is 0 Å². The number of aromatic hydroxyl groups is 1. The molecule has 0 fully saturated rings. The topological polar surface area (TPSA) is 37.3 Å². The number of carbonyl (C=O) groups excluding carboxylic acids is 1. The van der Waals surface area contributed by atoms with Gasteiger partial charge in [0.1, 0.15) is 5.75 Å². The normalized spacial score (nSPS) is 18.8. The third kappa shape index (κ3) is 3.95. The van der Waals surface area contributed by atoms with E-state index in [-0.39, 0.29) is 16.6 Å². The van der Waals surface area contributed by atoms with Crippen LogP contribution in [0.4, 0.5) is 0 Å². The van der Waals surface area contributed by atoms with E-state index in [0.717, 1.165) is 34.3 Å². The van der Waals surface area contributed by atoms with E-state index in [1.54, 1.807) is 0 Å². The van der Waals surface area contributed by atoms with E-state index in [1.165, 1.54) is 0 Å². The van der Waals surface area contributed by atoms with Crippen molar-refractivity contribution in [1.29, 1.82) is 0 Å². The van der Waals surface area contributed by atoms with Crippen molar-refractivity contribution in [2.24, 2.45) is 5.92 Å². The monoisotopic (exact) mass is 354 g/mol. The second-order valence-corrected chi connectivity index (χ2v) is 9.94. The number of phenolic OH excluding ortho intramolecular Hbond substituents is 1. The van der Waals surface area contributed by atoms with Crippen molar-refractivity contribution in [2.45, 2.75) is 79.6 Å². The predicted molar refractivity (Wildman–Crippen MR) is 110 cm³/mol. The maximum Gasteiger partial charge on any atom is 0.193 e. The van der Waals surface area contributed by atoms with Gasteiger partial charge in [0.15, 0.2) is 5.78 Å². The van der Waals surface area contributed by atoms with E-state index in [9.17, 15) is 9.90 Å². The van der Waals surface area contributed by atoms with Crippen LogP contribution in [0.1, 0.15) is 90.2 Å². The van der Waals surface area contributed by atoms with Gasteiger partial charge in [0.25, 0.3) is 0 Å². The molecule has 0 bridgehead atoms. The SMILES string of the molecule is CC1=CC(C)CC(C)=C1C(=O)c1cc(C(C)(C)C)c(O)c(C(C)(C)C)c1. The molecule has 1 atom stereocenters. The van der Waals surface area contributed by atoms with Gasteiger partial charge < -0.3 is 5.11 Å². The molecule has 1 aliphatic rings. The van der Waals surface area contributed by atoms with E-state index >= 15 is 0 Å². The van der Waals surface area contributed by atoms with E-state index in [1.807, 2.05) is 19.1 Å². The van der Waals surface area contributed by atoms with Gasteiger partial charge in [-0.1, -0.05) is 60.1 Å². The number of allylic oxidation sites excluding steroid dienone is 4. The van der Waals surface area contributed by atoms with Gasteiger partial charge in [0.2, 0.25) is 0 Å². The fraction of sp³-hybridized carbons (Fsp3) is 0.542. The van der Waals surface area contributed by atoms with Crippen LogP contribution < -0.4 is 0 Å². The van der Waals surface area contributed by atoms with Crippen LogP contribution in [0.15, 0.2) is 34.9 Å². The molecule has 0 saturated heterocycles. The second-order valence-electron chi connectivity index (χ2n) is 9.94. The van der Waals surface area contributed by atoms with Crippen molar-refractivity contribution >= 4 is 5.78 Å². The summed E-state index contributed by atoms with van der Waals surface area (Å²) in [6.07, 6.45) is 3.12. The number of phenols is 1. The maximum absolute atomic E-state index is 13.4. The Kier molecular flexibility index (Phi) is 5.29. The highest BCUT2D eigenvalue weighted by Crippen LogP contribution is 2.41. The van der Waals surface area contributed by atoms with Crippen molar-refractivity contribution in [3.63, 3.8) is 0 Å². The molecule has 0 heterocycles. The number of carbonyl (C=O) groups is 1. The molecule has 1 unspecified atom stereocenters. The minimum Gasteiger partial charge on any atom is -0.507 e. The lowest BCUT2D eigenvalue weighted by molar-refractivity contribution is 0.103. The second kappa shape index (κ2) is 6.72. The summed E-state index contributed by atoms with van der Waals surface area (Å²) in [6.45, 7) is 18.7. The molecule has 1 aliphatic carbocycles. The molecule has 2 heteroatoms. The molecule has 0 saturated carbocycles. The lowest BCUT2D eigenvalue weighted by Gasteiger charge is -2.28. The molecular weight excluding hydrogens is 320 g/mol. The van der Waals surface area contributed by atoms with Gasteiger partial charge in [-0.3, -0.25) is 4.79 Å². The Balaban J connectivity index is 2.69. The van der Waals surface area contributed by atoms with E-state index < -0.39 is 0 Å². The number of benzene rings is 1. The van der Waals surface area contributed by atoms with Gasteiger partial charge in [-0.25, -0.2) is 0 Å². The van der Waals surface area contributed by atoms with Crippen LogP contribution >= 0.6 is 0 Å². The Morgan fingerprint density at radius 3 is 1.85 bits per heavy atom. The quantitative estimate of drug-likeness (QED) is 0.618. The molecule has 0 aliphatic heterocycles. The minimum absolute atomic E-state index is 0.0687. The fourth-order valence-electron chi connectivity index (χ4n) is 3.92. The van der Waals surface area contributed by atoms with Crippen LogP contribution in [0, 0.1) is 5.92 Å². The van der Waals surface area contributed by atoms with Crippen LogP contribution in [0.25, 0.3) is 0 Å². The summed E-state index contributed by atoms with van der Waals surface area (Å²) >= 11 is 0. The summed E-state index contributed by atoms with van der Waals surface area (Å²) in [7, 11) is 0. The molecule has 1 N–H and O–H groups in total. The summed E-state index contributed by atoms with van der Waals surface area (Å²) in [5, 5.41) is 10.9. The minimum atomic E-state index is -0.240. The molecule has 142 valence electrons. The molecule has 0 aromatic heterocycles. The molecule has 26 heavy (non-hydrogen) atoms. The predicted octanol–water partition coefficient (Wildman–Crippen LogP) is 6.47. The first-order valence-corrected chi connectivity index (χ1v) is 9.54. The first kappa shape index (κ1) is 20.5. The Morgan fingerprint density at radius 1 is 1.00 bits per heavy atom. The molecular formula is C24H34O2. The van der Waals surface area contributed by atoms with Gasteiger partial charge in [0, 0.05) is 22.3 Å². The van der Waals surface area contributed by atoms with Crippen molar-refractivity contribution in [3.8, 4) is 5.75 Å². The lowest BCUT2D eigenvalue weighted by atomic mass is 9.76. The maximum atomic E-state index is 13.4. The third-order valence-electron chi connectivity index (χ3n) is 5.20. The van der Waals surface area contributed by atoms with Crippen LogP contribution in [0.5, 0.6) is 5.75 Å². The fourth-order valence-corrected chi connectivity index (χ4v) is 3.92. The largest absolute Gasteiger partial charge is 0.507 e. The summed E-state index contributed by atoms with van der Waals surface area (Å²) in [5.41, 5.74) is 4.92. The van der Waals surface area contributed by atoms with Gasteiger partial charge >= 0.3 is 0 Å². The zero-order valence-corrected chi connectivity index (χ0v) is 17.9. The molecule has 1 aromatic carbocycles. The third-order valence-corrected chi connectivity index (χ3v) is 5.20. The van der Waals surface area contributed by atoms with Crippen LogP contribution in [-0.4, -0.2) is 10.9 Å². The number of rotatable bonds is 2. The highest BCUT2D eigenvalue weighted by atomic mass is 16.3. The van der Waals surface area contributed by atoms with Crippen LogP contribution in [0.3, 0.4) is 0 Å². The number of hydrogen-bond acceptors (Lipinski definition) is 2. The lowest BCUT2D eigenvalue weighted by Crippen LogP contribution is -2.20. The standard InChI is InChI=1S/C24H34O2/c1-14-10-15(2)20(16(3)11-14)21(25)17-12-18(23(4,5)6)22(26)19(13-17)24(7,8)9/h10,12-14,26H,11H2,1-9H3. The first-order valence-electron chi connectivity index (χ1n) is 9.54. The molecule has 0 spiro atoms. The molecule has 0 amide bonds. The summed E-state index contributed by atoms with van der Waals surface area (Å²) in [6, 6.07) is 3.77. The van der Waals surface area contributed by atoms with Crippen LogP contribution in [-0.2, 0) is 10.8 Å². The van der Waals surface area contributed by atoms with Crippen molar-refractivity contribution in [3.05, 3.63) is 51.6 Å². The van der Waals surface area contributed by atoms with Crippen molar-refractivity contribution in [2.75, 3.05) is 0 Å². The Morgan fingerprint density at radius 2 is 1.46 bits per heavy atom. The van der Waals surface area contributed by atoms with E-state index in [4.69, 9.17) is 0 Å². The van der Waals surface area contributed by atoms with Crippen LogP contribution in [0.2, 0.25) is 0 Å². The summed E-state index contributed by atoms with van der Waals surface area (Å²) < 4.78 is 0. The highest BCUT2D eigenvalue weighted by molar-refractivity contribution is 6.12. The van der Waals surface area contributed by atoms with Gasteiger partial charge in [-0.05, 0) is 54.7 Å². The van der Waals surface area contributed by atoms with Crippen molar-refractivity contribution in [1.82, 2.24) is 0 Å². The van der Waals surface area contributed by atoms with Gasteiger partial charge in [-0.15, -0.1) is 0 Å². The Labute approximate surface area is 159 Å². The first-order chi connectivity index (χ1) is 11.7. The molecule has 0 radical (unpaired) electrons. The summed E-state index contributed by atoms with van der Waals surface area (Å²) in [5.74, 6) is 0.859. The zero-order chi connectivity index (χ0) is 20.0. The highest BCUT2D eigenvalue weighted by Gasteiger charge is 2.29. The smallest absolute Gasteiger partial charge is 0.193 e. The van der Waals surface area contributed by atoms with E-state index in [0.29, 0.717) is 17.2 Å². The average molecular weight is 355 g/mol. The average Bonchev–Trinajstić information content (AvgIpc) is 2.43. The molecule has 1 aromatic rings. The Bertz CT molecular complexity index is 757. The van der Waals surface area contributed by atoms with Crippen molar-refractivity contribution < 1.29 is 9.90 Å². The number of Topliss-reactive ketones (excluding diaryl/α,β-unsaturated/α-hetero) is 1. The van der Waals surface area contributed by atoms with Gasteiger partial charge in [-0.2, -0.15) is 0 Å². The molecule has 2 rings (SSSR count). The number of ketones is 1. The number of hydrogen-bond donors (Lipinski definition) is 1. The zero-order valence-electron chi connectivity index (χ0n) is 17.9. The molecule has 2 nitrogen and oxygen atoms in total. The van der Waals surface area contributed by atoms with E-state index in [2.05, 4.69) is 61.5 Å².